The normalized spacial score (nSPS) is 18.3. The van der Waals surface area contributed by atoms with Crippen molar-refractivity contribution in [2.45, 2.75) is 24.4 Å². The number of aliphatic hydroxyl groups excluding tert-OH is 1. The Hall–Kier alpha value is 0.0700. The molecule has 0 aromatic heterocycles. The maximum atomic E-state index is 11.1. The number of rotatable bonds is 13. The van der Waals surface area contributed by atoms with Gasteiger partial charge in [0, 0.05) is 0 Å². The molecule has 0 aliphatic heterocycles. The summed E-state index contributed by atoms with van der Waals surface area (Å²) in [5.41, 5.74) is 0. The van der Waals surface area contributed by atoms with E-state index in [0.29, 0.717) is 0 Å². The van der Waals surface area contributed by atoms with Crippen LogP contribution < -0.4 is 0 Å². The van der Waals surface area contributed by atoms with Crippen LogP contribution in [0, 0.1) is 0 Å². The third-order valence-electron chi connectivity index (χ3n) is 2.38. The lowest BCUT2D eigenvalue weighted by molar-refractivity contribution is -0.130. The molecule has 0 aromatic rings. The van der Waals surface area contributed by atoms with Crippen LogP contribution in [0.25, 0.3) is 0 Å². The standard InChI is InChI=1S/C6H16O18P4/c7-1-3(21-25(9,10)11)5(23-27(15,16)17)6(24-28(18,19)20)4(2-8)22-26(12,13)14/h1,3-6,8H,2H2,(H2,9,10,11)(H2,12,13,14)(H2,15,16,17)(H2,18,19,20)/t3-,4-,5-,6-/m1/s1. The summed E-state index contributed by atoms with van der Waals surface area (Å²) < 4.78 is 59.9. The van der Waals surface area contributed by atoms with Crippen molar-refractivity contribution in [2.24, 2.45) is 0 Å². The molecule has 28 heavy (non-hydrogen) atoms. The lowest BCUT2D eigenvalue weighted by atomic mass is 10.0. The fourth-order valence-electron chi connectivity index (χ4n) is 1.66. The monoisotopic (exact) mass is 500 g/mol. The third kappa shape index (κ3) is 12.6. The molecule has 0 spiro atoms. The van der Waals surface area contributed by atoms with Crippen LogP contribution in [0.2, 0.25) is 0 Å². The number of aliphatic hydroxyl groups is 1. The molecule has 9 N–H and O–H groups in total. The SMILES string of the molecule is O=C[C@@H](OP(=O)(O)O)[C@@H](OP(=O)(O)O)[C@H](OP(=O)(O)O)[C@@H](CO)OP(=O)(O)O. The predicted octanol–water partition coefficient (Wildman–Crippen LogP) is -2.91. The highest BCUT2D eigenvalue weighted by atomic mass is 31.2. The van der Waals surface area contributed by atoms with Crippen molar-refractivity contribution in [1.29, 1.82) is 0 Å². The third-order valence-corrected chi connectivity index (χ3v) is 4.48. The van der Waals surface area contributed by atoms with Gasteiger partial charge < -0.3 is 49.0 Å². The van der Waals surface area contributed by atoms with E-state index in [1.54, 1.807) is 0 Å². The first kappa shape index (κ1) is 28.1. The van der Waals surface area contributed by atoms with Crippen LogP contribution in [0.1, 0.15) is 0 Å². The molecule has 0 aromatic carbocycles. The summed E-state index contributed by atoms with van der Waals surface area (Å²) in [4.78, 5) is 81.6. The first-order chi connectivity index (χ1) is 12.3. The van der Waals surface area contributed by atoms with Crippen LogP contribution in [0.5, 0.6) is 0 Å². The average Bonchev–Trinajstić information content (AvgIpc) is 2.42. The van der Waals surface area contributed by atoms with E-state index in [4.69, 9.17) is 44.3 Å². The van der Waals surface area contributed by atoms with Crippen LogP contribution in [-0.2, 0) is 41.1 Å². The van der Waals surface area contributed by atoms with Gasteiger partial charge in [-0.25, -0.2) is 18.3 Å². The van der Waals surface area contributed by atoms with Crippen molar-refractivity contribution in [3.63, 3.8) is 0 Å². The smallest absolute Gasteiger partial charge is 0.394 e. The quantitative estimate of drug-likeness (QED) is 0.0904. The van der Waals surface area contributed by atoms with Gasteiger partial charge in [0.05, 0.1) is 6.61 Å². The molecule has 0 unspecified atom stereocenters. The van der Waals surface area contributed by atoms with Gasteiger partial charge in [-0.3, -0.25) is 18.1 Å². The van der Waals surface area contributed by atoms with E-state index in [2.05, 4.69) is 18.1 Å². The Morgan fingerprint density at radius 3 is 1.29 bits per heavy atom. The molecule has 0 aliphatic carbocycles. The Morgan fingerprint density at radius 1 is 0.643 bits per heavy atom. The highest BCUT2D eigenvalue weighted by molar-refractivity contribution is 7.47. The second-order valence-corrected chi connectivity index (χ2v) is 9.40. The first-order valence-electron chi connectivity index (χ1n) is 6.30. The van der Waals surface area contributed by atoms with Gasteiger partial charge in [0.1, 0.15) is 18.3 Å². The Labute approximate surface area is 155 Å². The highest BCUT2D eigenvalue weighted by Crippen LogP contribution is 2.49. The van der Waals surface area contributed by atoms with E-state index < -0.39 is 68.6 Å². The molecule has 0 aliphatic rings. The first-order valence-corrected chi connectivity index (χ1v) is 12.4. The largest absolute Gasteiger partial charge is 0.470 e. The maximum absolute atomic E-state index is 11.1. The second-order valence-electron chi connectivity index (χ2n) is 4.63. The highest BCUT2D eigenvalue weighted by Gasteiger charge is 2.47. The predicted molar refractivity (Wildman–Crippen MR) is 80.8 cm³/mol. The minimum Gasteiger partial charge on any atom is -0.394 e. The molecule has 18 nitrogen and oxygen atoms in total. The zero-order chi connectivity index (χ0) is 22.6. The summed E-state index contributed by atoms with van der Waals surface area (Å²) in [6, 6.07) is 0. The molecule has 0 bridgehead atoms. The van der Waals surface area contributed by atoms with Crippen LogP contribution in [0.4, 0.5) is 0 Å². The van der Waals surface area contributed by atoms with E-state index in [1.165, 1.54) is 0 Å². The van der Waals surface area contributed by atoms with Gasteiger partial charge in [-0.1, -0.05) is 0 Å². The minimum absolute atomic E-state index is 0.540. The molecular formula is C6H16O18P4. The van der Waals surface area contributed by atoms with Gasteiger partial charge in [0.15, 0.2) is 12.4 Å². The second kappa shape index (κ2) is 10.4. The van der Waals surface area contributed by atoms with Crippen LogP contribution in [0.15, 0.2) is 0 Å². The summed E-state index contributed by atoms with van der Waals surface area (Å²) >= 11 is 0. The Morgan fingerprint density at radius 2 is 1.00 bits per heavy atom. The van der Waals surface area contributed by atoms with E-state index in [1.807, 2.05) is 0 Å². The maximum Gasteiger partial charge on any atom is 0.470 e. The fourth-order valence-corrected chi connectivity index (χ4v) is 3.81. The molecule has 0 radical (unpaired) electrons. The number of carbonyl (C=O) groups is 1. The molecule has 168 valence electrons. The molecule has 0 saturated carbocycles. The number of phosphoric acid groups is 4. The minimum atomic E-state index is -5.73. The van der Waals surface area contributed by atoms with E-state index in [-0.39, 0.29) is 0 Å². The van der Waals surface area contributed by atoms with Crippen molar-refractivity contribution in [1.82, 2.24) is 0 Å². The van der Waals surface area contributed by atoms with Gasteiger partial charge in [0.25, 0.3) is 0 Å². The van der Waals surface area contributed by atoms with Crippen molar-refractivity contribution in [3.05, 3.63) is 0 Å². The van der Waals surface area contributed by atoms with E-state index >= 15 is 0 Å². The molecule has 0 heterocycles. The summed E-state index contributed by atoms with van der Waals surface area (Å²) in [5, 5.41) is 9.16. The molecule has 4 atom stereocenters. The fraction of sp³-hybridized carbons (Fsp3) is 0.833. The molecular weight excluding hydrogens is 484 g/mol. The number of hydrogen-bond donors (Lipinski definition) is 9. The van der Waals surface area contributed by atoms with Gasteiger partial charge in [-0.05, 0) is 0 Å². The van der Waals surface area contributed by atoms with Crippen LogP contribution in [0.3, 0.4) is 0 Å². The van der Waals surface area contributed by atoms with Gasteiger partial charge in [-0.2, -0.15) is 0 Å². The summed E-state index contributed by atoms with van der Waals surface area (Å²) in [5.74, 6) is 0. The number of carbonyl (C=O) groups excluding carboxylic acids is 1. The average molecular weight is 500 g/mol. The molecule has 0 amide bonds. The van der Waals surface area contributed by atoms with Crippen molar-refractivity contribution >= 4 is 37.6 Å². The Kier molecular flexibility index (Phi) is 10.4. The van der Waals surface area contributed by atoms with Gasteiger partial charge in [0.2, 0.25) is 0 Å². The lowest BCUT2D eigenvalue weighted by Crippen LogP contribution is -2.50. The lowest BCUT2D eigenvalue weighted by Gasteiger charge is -2.34. The number of aldehydes is 1. The summed E-state index contributed by atoms with van der Waals surface area (Å²) in [7, 11) is -22.6. The van der Waals surface area contributed by atoms with Crippen molar-refractivity contribution in [2.75, 3.05) is 6.61 Å². The Bertz CT molecular complexity index is 695. The number of phosphoric ester groups is 4. The van der Waals surface area contributed by atoms with E-state index in [9.17, 15) is 23.1 Å². The van der Waals surface area contributed by atoms with Crippen molar-refractivity contribution in [3.8, 4) is 0 Å². The summed E-state index contributed by atoms with van der Waals surface area (Å²) in [6.07, 6.45) is -11.5. The number of hydrogen-bond acceptors (Lipinski definition) is 10. The zero-order valence-corrected chi connectivity index (χ0v) is 16.7. The Balaban J connectivity index is 6.35. The molecule has 22 heteroatoms. The van der Waals surface area contributed by atoms with Crippen molar-refractivity contribution < 1.29 is 85.4 Å². The summed E-state index contributed by atoms with van der Waals surface area (Å²) in [6.45, 7) is -1.56. The molecule has 0 saturated heterocycles. The molecule has 0 rings (SSSR count). The topological polar surface area (TPSA) is 304 Å². The zero-order valence-electron chi connectivity index (χ0n) is 13.1. The van der Waals surface area contributed by atoms with Gasteiger partial charge in [-0.15, -0.1) is 0 Å². The van der Waals surface area contributed by atoms with Crippen LogP contribution in [-0.4, -0.2) is 81.6 Å². The van der Waals surface area contributed by atoms with Crippen LogP contribution >= 0.6 is 31.3 Å². The van der Waals surface area contributed by atoms with E-state index in [0.717, 1.165) is 0 Å². The molecule has 0 fully saturated rings. The van der Waals surface area contributed by atoms with Gasteiger partial charge >= 0.3 is 31.3 Å².